The average molecular weight is 586 g/mol. The Morgan fingerprint density at radius 3 is 2.28 bits per heavy atom. The van der Waals surface area contributed by atoms with E-state index in [2.05, 4.69) is 78.6 Å². The number of allylic oxidation sites excluding steroid dienone is 6. The van der Waals surface area contributed by atoms with Gasteiger partial charge in [-0.15, -0.1) is 0 Å². The van der Waals surface area contributed by atoms with E-state index in [9.17, 15) is 4.79 Å². The van der Waals surface area contributed by atoms with Gasteiger partial charge in [0.25, 0.3) is 0 Å². The van der Waals surface area contributed by atoms with Gasteiger partial charge in [-0.3, -0.25) is 4.79 Å². The fraction of sp³-hybridized carbons (Fsp3) is 0.462. The molecule has 1 saturated carbocycles. The molecule has 1 unspecified atom stereocenters. The predicted molar refractivity (Wildman–Crippen MR) is 183 cm³/mol. The van der Waals surface area contributed by atoms with Crippen molar-refractivity contribution in [2.45, 2.75) is 90.9 Å². The third kappa shape index (κ3) is 8.46. The van der Waals surface area contributed by atoms with E-state index in [0.717, 1.165) is 37.5 Å². The molecule has 2 fully saturated rings. The molecular weight excluding hydrogens is 530 g/mol. The zero-order valence-electron chi connectivity index (χ0n) is 25.3. The van der Waals surface area contributed by atoms with Gasteiger partial charge in [-0.05, 0) is 95.9 Å². The van der Waals surface area contributed by atoms with Crippen LogP contribution < -0.4 is 0 Å². The van der Waals surface area contributed by atoms with Gasteiger partial charge in [-0.25, -0.2) is 0 Å². The minimum atomic E-state index is -0.0964. The molecule has 2 aromatic carbocycles. The van der Waals surface area contributed by atoms with Crippen LogP contribution in [0.5, 0.6) is 0 Å². The molecule has 2 aromatic rings. The van der Waals surface area contributed by atoms with Gasteiger partial charge in [0.15, 0.2) is 5.78 Å². The highest BCUT2D eigenvalue weighted by Gasteiger charge is 2.26. The SMILES string of the molecule is C.CC1CCN(C2=CCC=C(Cc3ccc4c(c3)C(Cc3ccccc3CC3CCCCC3)C(=O)C=C4)C=C2)CC1.O.O.[HH]. The number of likely N-dealkylation sites (tertiary alicyclic amines) is 1. The number of nitrogens with zero attached hydrogens (tertiary/aromatic N) is 1. The van der Waals surface area contributed by atoms with Gasteiger partial charge < -0.3 is 15.9 Å². The Hall–Kier alpha value is -3.21. The van der Waals surface area contributed by atoms with Crippen LogP contribution in [0.2, 0.25) is 0 Å². The highest BCUT2D eigenvalue weighted by Crippen LogP contribution is 2.34. The number of fused-ring (bicyclic) bond motifs is 1. The van der Waals surface area contributed by atoms with Gasteiger partial charge in [0.1, 0.15) is 0 Å². The number of ketones is 1. The lowest BCUT2D eigenvalue weighted by molar-refractivity contribution is -0.116. The molecular formula is C39H55NO3. The van der Waals surface area contributed by atoms with Gasteiger partial charge in [0, 0.05) is 20.2 Å². The summed E-state index contributed by atoms with van der Waals surface area (Å²) in [5.41, 5.74) is 9.26. The van der Waals surface area contributed by atoms with Crippen LogP contribution >= 0.6 is 0 Å². The molecule has 1 heterocycles. The Labute approximate surface area is 261 Å². The first-order chi connectivity index (χ1) is 19.6. The Kier molecular flexibility index (Phi) is 12.8. The first kappa shape index (κ1) is 34.3. The number of hydrogen-bond acceptors (Lipinski definition) is 2. The summed E-state index contributed by atoms with van der Waals surface area (Å²) < 4.78 is 0. The van der Waals surface area contributed by atoms with Crippen molar-refractivity contribution in [1.29, 1.82) is 0 Å². The van der Waals surface area contributed by atoms with Crippen molar-refractivity contribution >= 4 is 11.9 Å². The molecule has 1 aliphatic heterocycles. The molecule has 0 spiro atoms. The molecule has 0 amide bonds. The molecule has 4 aliphatic rings. The van der Waals surface area contributed by atoms with Crippen molar-refractivity contribution in [2.24, 2.45) is 11.8 Å². The number of carbonyl (C=O) groups is 1. The minimum absolute atomic E-state index is 0. The van der Waals surface area contributed by atoms with E-state index in [-0.39, 0.29) is 31.5 Å². The van der Waals surface area contributed by atoms with Gasteiger partial charge in [0.2, 0.25) is 0 Å². The molecule has 1 atom stereocenters. The van der Waals surface area contributed by atoms with Crippen molar-refractivity contribution in [2.75, 3.05) is 13.1 Å². The first-order valence-corrected chi connectivity index (χ1v) is 15.9. The monoisotopic (exact) mass is 585 g/mol. The topological polar surface area (TPSA) is 83.3 Å². The zero-order chi connectivity index (χ0) is 27.3. The fourth-order valence-corrected chi connectivity index (χ4v) is 7.25. The van der Waals surface area contributed by atoms with E-state index in [0.29, 0.717) is 0 Å². The molecule has 0 radical (unpaired) electrons. The largest absolute Gasteiger partial charge is 0.412 e. The molecule has 3 aliphatic carbocycles. The number of hydrogen-bond donors (Lipinski definition) is 0. The Morgan fingerprint density at radius 1 is 0.814 bits per heavy atom. The van der Waals surface area contributed by atoms with Crippen LogP contribution in [0.25, 0.3) is 6.08 Å². The standard InChI is InChI=1S/C38H45NO.CH4.2H2O.H2/c1-28-20-22-39(23-21-28)35-13-7-10-30(15-18-35)24-31-14-16-32-17-19-38(40)37(36(32)26-31)27-34-12-6-5-11-33(34)25-29-8-3-2-4-9-29;;;;/h5-6,10-19,26,28-29,37H,2-4,7-9,20-25,27H2,1H3;1H4;2*1H2;1H. The van der Waals surface area contributed by atoms with Gasteiger partial charge in [-0.2, -0.15) is 0 Å². The maximum Gasteiger partial charge on any atom is 0.163 e. The van der Waals surface area contributed by atoms with Crippen molar-refractivity contribution in [3.05, 3.63) is 112 Å². The highest BCUT2D eigenvalue weighted by atomic mass is 16.1. The van der Waals surface area contributed by atoms with E-state index in [1.807, 2.05) is 12.2 Å². The van der Waals surface area contributed by atoms with Gasteiger partial charge in [0.05, 0.1) is 5.92 Å². The smallest absolute Gasteiger partial charge is 0.163 e. The summed E-state index contributed by atoms with van der Waals surface area (Å²) in [6.45, 7) is 4.71. The van der Waals surface area contributed by atoms with Gasteiger partial charge >= 0.3 is 0 Å². The second-order valence-corrected chi connectivity index (χ2v) is 12.8. The zero-order valence-corrected chi connectivity index (χ0v) is 25.3. The number of carbonyl (C=O) groups excluding carboxylic acids is 1. The summed E-state index contributed by atoms with van der Waals surface area (Å²) in [5.74, 6) is 1.79. The van der Waals surface area contributed by atoms with E-state index in [1.54, 1.807) is 0 Å². The van der Waals surface area contributed by atoms with E-state index >= 15 is 0 Å². The van der Waals surface area contributed by atoms with E-state index in [4.69, 9.17) is 0 Å². The molecule has 4 heteroatoms. The maximum atomic E-state index is 13.3. The number of piperidine rings is 1. The van der Waals surface area contributed by atoms with Crippen LogP contribution in [0.4, 0.5) is 0 Å². The van der Waals surface area contributed by atoms with Crippen molar-refractivity contribution in [1.82, 2.24) is 4.90 Å². The molecule has 4 N–H and O–H groups in total. The lowest BCUT2D eigenvalue weighted by atomic mass is 9.78. The van der Waals surface area contributed by atoms with Gasteiger partial charge in [-0.1, -0.05) is 113 Å². The van der Waals surface area contributed by atoms with Crippen LogP contribution in [-0.2, 0) is 24.1 Å². The quantitative estimate of drug-likeness (QED) is 0.330. The van der Waals surface area contributed by atoms with Crippen molar-refractivity contribution < 1.29 is 17.2 Å². The summed E-state index contributed by atoms with van der Waals surface area (Å²) >= 11 is 0. The molecule has 1 saturated heterocycles. The van der Waals surface area contributed by atoms with Crippen molar-refractivity contribution in [3.8, 4) is 0 Å². The number of rotatable bonds is 7. The van der Waals surface area contributed by atoms with Crippen LogP contribution in [0.3, 0.4) is 0 Å². The third-order valence-electron chi connectivity index (χ3n) is 9.81. The van der Waals surface area contributed by atoms with Crippen LogP contribution in [0.1, 0.15) is 101 Å². The van der Waals surface area contributed by atoms with E-state index in [1.165, 1.54) is 97.1 Å². The minimum Gasteiger partial charge on any atom is -0.412 e. The van der Waals surface area contributed by atoms with Crippen molar-refractivity contribution in [3.63, 3.8) is 0 Å². The maximum absolute atomic E-state index is 13.3. The Morgan fingerprint density at radius 2 is 1.53 bits per heavy atom. The summed E-state index contributed by atoms with van der Waals surface area (Å²) in [4.78, 5) is 15.9. The summed E-state index contributed by atoms with van der Waals surface area (Å²) in [7, 11) is 0. The summed E-state index contributed by atoms with van der Waals surface area (Å²) in [6.07, 6.45) is 26.5. The third-order valence-corrected chi connectivity index (χ3v) is 9.81. The summed E-state index contributed by atoms with van der Waals surface area (Å²) in [5, 5.41) is 0. The molecule has 234 valence electrons. The second kappa shape index (κ2) is 16.0. The number of benzene rings is 2. The highest BCUT2D eigenvalue weighted by molar-refractivity contribution is 6.02. The molecule has 0 aromatic heterocycles. The molecule has 6 rings (SSSR count). The lowest BCUT2D eigenvalue weighted by Gasteiger charge is -2.32. The van der Waals surface area contributed by atoms with Crippen LogP contribution in [-0.4, -0.2) is 34.7 Å². The fourth-order valence-electron chi connectivity index (χ4n) is 7.25. The van der Waals surface area contributed by atoms with Crippen LogP contribution in [0.15, 0.2) is 84.1 Å². The first-order valence-electron chi connectivity index (χ1n) is 15.9. The second-order valence-electron chi connectivity index (χ2n) is 12.8. The molecule has 0 bridgehead atoms. The summed E-state index contributed by atoms with van der Waals surface area (Å²) in [6, 6.07) is 15.7. The normalized spacial score (nSPS) is 20.5. The molecule has 43 heavy (non-hydrogen) atoms. The molecule has 4 nitrogen and oxygen atoms in total. The lowest BCUT2D eigenvalue weighted by Crippen LogP contribution is -2.31. The predicted octanol–water partition coefficient (Wildman–Crippen LogP) is 8.01. The Balaban J connectivity index is 0.00000169. The van der Waals surface area contributed by atoms with Crippen LogP contribution in [0, 0.1) is 11.8 Å². The Bertz CT molecular complexity index is 1340. The average Bonchev–Trinajstić information content (AvgIpc) is 3.22. The van der Waals surface area contributed by atoms with E-state index < -0.39 is 0 Å².